The first-order chi connectivity index (χ1) is 10.9. The summed E-state index contributed by atoms with van der Waals surface area (Å²) < 4.78 is 6.66. The van der Waals surface area contributed by atoms with Crippen molar-refractivity contribution >= 4 is 33.6 Å². The second-order valence-electron chi connectivity index (χ2n) is 4.80. The highest BCUT2D eigenvalue weighted by Crippen LogP contribution is 2.24. The summed E-state index contributed by atoms with van der Waals surface area (Å²) in [7, 11) is 0. The van der Waals surface area contributed by atoms with Crippen LogP contribution in [-0.2, 0) is 4.79 Å². The van der Waals surface area contributed by atoms with Gasteiger partial charge < -0.3 is 21.1 Å². The Labute approximate surface area is 142 Å². The standard InChI is InChI=1S/C16H16BrN3O3/c1-10(19-16(18)22)15(21)20-12-4-8-14(9-5-12)23-13-6-2-11(17)3-7-13/h2-10H,1H3,(H,20,21)(H3,18,19,22). The monoisotopic (exact) mass is 377 g/mol. The Morgan fingerprint density at radius 3 is 2.09 bits per heavy atom. The van der Waals surface area contributed by atoms with E-state index in [1.807, 2.05) is 24.3 Å². The van der Waals surface area contributed by atoms with E-state index in [-0.39, 0.29) is 5.91 Å². The molecule has 0 spiro atoms. The minimum Gasteiger partial charge on any atom is -0.457 e. The van der Waals surface area contributed by atoms with Crippen molar-refractivity contribution < 1.29 is 14.3 Å². The number of benzene rings is 2. The molecule has 7 heteroatoms. The fourth-order valence-corrected chi connectivity index (χ4v) is 2.04. The molecule has 0 bridgehead atoms. The molecule has 0 aliphatic rings. The van der Waals surface area contributed by atoms with Crippen LogP contribution in [0.3, 0.4) is 0 Å². The molecule has 0 radical (unpaired) electrons. The molecular formula is C16H16BrN3O3. The lowest BCUT2D eigenvalue weighted by Crippen LogP contribution is -2.44. The number of hydrogen-bond acceptors (Lipinski definition) is 3. The van der Waals surface area contributed by atoms with Gasteiger partial charge in [0.1, 0.15) is 17.5 Å². The van der Waals surface area contributed by atoms with Crippen LogP contribution in [0.5, 0.6) is 11.5 Å². The third-order valence-corrected chi connectivity index (χ3v) is 3.45. The lowest BCUT2D eigenvalue weighted by atomic mass is 10.2. The van der Waals surface area contributed by atoms with Crippen molar-refractivity contribution in [1.82, 2.24) is 5.32 Å². The molecule has 6 nitrogen and oxygen atoms in total. The maximum Gasteiger partial charge on any atom is 0.312 e. The van der Waals surface area contributed by atoms with Gasteiger partial charge in [0.15, 0.2) is 0 Å². The Balaban J connectivity index is 1.95. The minimum atomic E-state index is -0.745. The molecule has 0 aliphatic heterocycles. The molecule has 0 saturated heterocycles. The molecule has 3 amide bonds. The van der Waals surface area contributed by atoms with E-state index in [1.165, 1.54) is 0 Å². The van der Waals surface area contributed by atoms with Gasteiger partial charge in [-0.25, -0.2) is 4.79 Å². The van der Waals surface area contributed by atoms with Crippen molar-refractivity contribution in [2.75, 3.05) is 5.32 Å². The maximum atomic E-state index is 11.8. The number of ether oxygens (including phenoxy) is 1. The van der Waals surface area contributed by atoms with Crippen molar-refractivity contribution in [3.63, 3.8) is 0 Å². The second-order valence-corrected chi connectivity index (χ2v) is 5.72. The molecular weight excluding hydrogens is 362 g/mol. The lowest BCUT2D eigenvalue weighted by Gasteiger charge is -2.13. The summed E-state index contributed by atoms with van der Waals surface area (Å²) in [5.41, 5.74) is 5.57. The summed E-state index contributed by atoms with van der Waals surface area (Å²) in [4.78, 5) is 22.6. The Hall–Kier alpha value is -2.54. The van der Waals surface area contributed by atoms with Gasteiger partial charge in [0, 0.05) is 10.2 Å². The quantitative estimate of drug-likeness (QED) is 0.746. The highest BCUT2D eigenvalue weighted by Gasteiger charge is 2.13. The van der Waals surface area contributed by atoms with Crippen LogP contribution in [-0.4, -0.2) is 18.0 Å². The summed E-state index contributed by atoms with van der Waals surface area (Å²) in [6.07, 6.45) is 0. The van der Waals surface area contributed by atoms with E-state index in [0.29, 0.717) is 17.2 Å². The predicted molar refractivity (Wildman–Crippen MR) is 91.5 cm³/mol. The molecule has 120 valence electrons. The Morgan fingerprint density at radius 2 is 1.57 bits per heavy atom. The van der Waals surface area contributed by atoms with Gasteiger partial charge in [-0.15, -0.1) is 0 Å². The van der Waals surface area contributed by atoms with Gasteiger partial charge in [0.2, 0.25) is 5.91 Å². The number of nitrogens with two attached hydrogens (primary N) is 1. The zero-order valence-electron chi connectivity index (χ0n) is 12.4. The van der Waals surface area contributed by atoms with Gasteiger partial charge in [0.05, 0.1) is 0 Å². The van der Waals surface area contributed by atoms with E-state index in [2.05, 4.69) is 26.6 Å². The molecule has 0 saturated carbocycles. The number of halogens is 1. The van der Waals surface area contributed by atoms with Gasteiger partial charge in [0.25, 0.3) is 0 Å². The molecule has 0 heterocycles. The van der Waals surface area contributed by atoms with Crippen molar-refractivity contribution in [1.29, 1.82) is 0 Å². The SMILES string of the molecule is CC(NC(N)=O)C(=O)Nc1ccc(Oc2ccc(Br)cc2)cc1. The van der Waals surface area contributed by atoms with Gasteiger partial charge >= 0.3 is 6.03 Å². The van der Waals surface area contributed by atoms with Crippen LogP contribution in [0.1, 0.15) is 6.92 Å². The summed E-state index contributed by atoms with van der Waals surface area (Å²) in [6.45, 7) is 1.55. The summed E-state index contributed by atoms with van der Waals surface area (Å²) >= 11 is 3.36. The number of amides is 3. The molecule has 2 aromatic carbocycles. The first-order valence-corrected chi connectivity index (χ1v) is 7.63. The van der Waals surface area contributed by atoms with Crippen molar-refractivity contribution in [2.24, 2.45) is 5.73 Å². The number of nitrogens with one attached hydrogen (secondary N) is 2. The van der Waals surface area contributed by atoms with Gasteiger partial charge in [-0.05, 0) is 55.5 Å². The average Bonchev–Trinajstić information content (AvgIpc) is 2.51. The van der Waals surface area contributed by atoms with E-state index < -0.39 is 12.1 Å². The van der Waals surface area contributed by atoms with E-state index in [1.54, 1.807) is 31.2 Å². The van der Waals surface area contributed by atoms with Crippen LogP contribution < -0.4 is 21.1 Å². The maximum absolute atomic E-state index is 11.8. The van der Waals surface area contributed by atoms with E-state index in [9.17, 15) is 9.59 Å². The molecule has 0 aromatic heterocycles. The zero-order valence-corrected chi connectivity index (χ0v) is 14.0. The lowest BCUT2D eigenvalue weighted by molar-refractivity contribution is -0.117. The van der Waals surface area contributed by atoms with Crippen LogP contribution in [0, 0.1) is 0 Å². The van der Waals surface area contributed by atoms with Crippen LogP contribution in [0.2, 0.25) is 0 Å². The second kappa shape index (κ2) is 7.64. The third kappa shape index (κ3) is 5.30. The minimum absolute atomic E-state index is 0.356. The molecule has 0 fully saturated rings. The van der Waals surface area contributed by atoms with Crippen molar-refractivity contribution in [3.8, 4) is 11.5 Å². The molecule has 2 aromatic rings. The molecule has 2 rings (SSSR count). The van der Waals surface area contributed by atoms with Crippen molar-refractivity contribution in [2.45, 2.75) is 13.0 Å². The van der Waals surface area contributed by atoms with E-state index in [4.69, 9.17) is 10.5 Å². The first-order valence-electron chi connectivity index (χ1n) is 6.84. The number of hydrogen-bond donors (Lipinski definition) is 3. The van der Waals surface area contributed by atoms with Crippen LogP contribution >= 0.6 is 15.9 Å². The smallest absolute Gasteiger partial charge is 0.312 e. The highest BCUT2D eigenvalue weighted by atomic mass is 79.9. The number of primary amides is 1. The highest BCUT2D eigenvalue weighted by molar-refractivity contribution is 9.10. The summed E-state index contributed by atoms with van der Waals surface area (Å²) in [5, 5.41) is 4.98. The number of rotatable bonds is 5. The van der Waals surface area contributed by atoms with Gasteiger partial charge in [-0.1, -0.05) is 15.9 Å². The molecule has 4 N–H and O–H groups in total. The zero-order chi connectivity index (χ0) is 16.8. The predicted octanol–water partition coefficient (Wildman–Crippen LogP) is 3.24. The fourth-order valence-electron chi connectivity index (χ4n) is 1.77. The number of anilines is 1. The largest absolute Gasteiger partial charge is 0.457 e. The first kappa shape index (κ1) is 16.8. The normalized spacial score (nSPS) is 11.4. The fraction of sp³-hybridized carbons (Fsp3) is 0.125. The Bertz CT molecular complexity index is 687. The van der Waals surface area contributed by atoms with Crippen LogP contribution in [0.25, 0.3) is 0 Å². The van der Waals surface area contributed by atoms with Gasteiger partial charge in [-0.2, -0.15) is 0 Å². The van der Waals surface area contributed by atoms with E-state index >= 15 is 0 Å². The van der Waals surface area contributed by atoms with Gasteiger partial charge in [-0.3, -0.25) is 4.79 Å². The number of carbonyl (C=O) groups is 2. The number of carbonyl (C=O) groups excluding carboxylic acids is 2. The molecule has 0 aliphatic carbocycles. The van der Waals surface area contributed by atoms with Crippen LogP contribution in [0.15, 0.2) is 53.0 Å². The third-order valence-electron chi connectivity index (χ3n) is 2.92. The Kier molecular flexibility index (Phi) is 5.59. The molecule has 23 heavy (non-hydrogen) atoms. The molecule has 1 atom stereocenters. The van der Waals surface area contributed by atoms with Crippen molar-refractivity contribution in [3.05, 3.63) is 53.0 Å². The van der Waals surface area contributed by atoms with Crippen LogP contribution in [0.4, 0.5) is 10.5 Å². The summed E-state index contributed by atoms with van der Waals surface area (Å²) in [5.74, 6) is 1.00. The molecule has 1 unspecified atom stereocenters. The number of urea groups is 1. The Morgan fingerprint density at radius 1 is 1.04 bits per heavy atom. The summed E-state index contributed by atoms with van der Waals surface area (Å²) in [6, 6.07) is 12.9. The topological polar surface area (TPSA) is 93.5 Å². The average molecular weight is 378 g/mol. The van der Waals surface area contributed by atoms with E-state index in [0.717, 1.165) is 4.47 Å².